The Labute approximate surface area is 102 Å². The predicted molar refractivity (Wildman–Crippen MR) is 71.8 cm³/mol. The second-order valence-electron chi connectivity index (χ2n) is 5.77. The summed E-state index contributed by atoms with van der Waals surface area (Å²) in [5.74, 6) is 0.825. The maximum atomic E-state index is 3.32. The molecule has 1 rings (SSSR count). The van der Waals surface area contributed by atoms with Crippen LogP contribution in [0.2, 0.25) is 0 Å². The number of hydrogen-bond donors (Lipinski definition) is 1. The monoisotopic (exact) mass is 226 g/mol. The molecule has 0 radical (unpaired) electrons. The molecule has 0 bridgehead atoms. The first kappa shape index (κ1) is 14.0. The first-order valence-electron chi connectivity index (χ1n) is 7.05. The van der Waals surface area contributed by atoms with Crippen LogP contribution in [0.5, 0.6) is 0 Å². The summed E-state index contributed by atoms with van der Waals surface area (Å²) in [6.07, 6.45) is 7.06. The van der Waals surface area contributed by atoms with E-state index in [9.17, 15) is 0 Å². The Balaban J connectivity index is 2.45. The topological polar surface area (TPSA) is 15.3 Å². The Bertz CT molecular complexity index is 174. The second-order valence-corrected chi connectivity index (χ2v) is 5.77. The van der Waals surface area contributed by atoms with Gasteiger partial charge in [0.25, 0.3) is 0 Å². The zero-order valence-electron chi connectivity index (χ0n) is 11.6. The van der Waals surface area contributed by atoms with Gasteiger partial charge in [0.05, 0.1) is 0 Å². The normalized spacial score (nSPS) is 19.9. The molecule has 0 aromatic heterocycles. The van der Waals surface area contributed by atoms with E-state index in [0.717, 1.165) is 18.5 Å². The van der Waals surface area contributed by atoms with Gasteiger partial charge in [0.15, 0.2) is 0 Å². The van der Waals surface area contributed by atoms with Crippen molar-refractivity contribution in [1.82, 2.24) is 10.2 Å². The zero-order valence-corrected chi connectivity index (χ0v) is 11.6. The van der Waals surface area contributed by atoms with E-state index >= 15 is 0 Å². The third kappa shape index (κ3) is 4.42. The van der Waals surface area contributed by atoms with E-state index in [1.165, 1.54) is 38.6 Å². The minimum absolute atomic E-state index is 0.687. The number of hydrogen-bond acceptors (Lipinski definition) is 2. The molecule has 1 fully saturated rings. The highest BCUT2D eigenvalue weighted by molar-refractivity contribution is 4.82. The summed E-state index contributed by atoms with van der Waals surface area (Å²) in [6, 6.07) is 1.55. The van der Waals surface area contributed by atoms with Crippen LogP contribution in [0.1, 0.15) is 52.9 Å². The number of nitrogens with one attached hydrogen (secondary N) is 1. The molecule has 2 heteroatoms. The van der Waals surface area contributed by atoms with E-state index in [2.05, 4.69) is 38.0 Å². The van der Waals surface area contributed by atoms with Crippen LogP contribution in [0, 0.1) is 5.92 Å². The van der Waals surface area contributed by atoms with Crippen LogP contribution in [0.15, 0.2) is 0 Å². The Morgan fingerprint density at radius 1 is 1.19 bits per heavy atom. The van der Waals surface area contributed by atoms with E-state index in [1.807, 2.05) is 0 Å². The van der Waals surface area contributed by atoms with Crippen molar-refractivity contribution in [2.75, 3.05) is 20.1 Å². The van der Waals surface area contributed by atoms with Crippen molar-refractivity contribution in [2.24, 2.45) is 5.92 Å². The summed E-state index contributed by atoms with van der Waals surface area (Å²) < 4.78 is 0. The molecule has 0 aromatic rings. The third-order valence-electron chi connectivity index (χ3n) is 3.82. The van der Waals surface area contributed by atoms with Gasteiger partial charge in [-0.25, -0.2) is 0 Å². The summed E-state index contributed by atoms with van der Waals surface area (Å²) >= 11 is 0. The fraction of sp³-hybridized carbons (Fsp3) is 1.00. The average Bonchev–Trinajstić information content (AvgIpc) is 2.71. The van der Waals surface area contributed by atoms with Crippen molar-refractivity contribution in [2.45, 2.75) is 65.0 Å². The lowest BCUT2D eigenvalue weighted by Crippen LogP contribution is -2.45. The van der Waals surface area contributed by atoms with Crippen molar-refractivity contribution < 1.29 is 0 Å². The Morgan fingerprint density at radius 3 is 2.31 bits per heavy atom. The maximum Gasteiger partial charge on any atom is 0.0195 e. The molecule has 1 atom stereocenters. The molecule has 0 heterocycles. The minimum Gasteiger partial charge on any atom is -0.318 e. The molecule has 0 aromatic carbocycles. The Hall–Kier alpha value is -0.0800. The van der Waals surface area contributed by atoms with Gasteiger partial charge in [-0.2, -0.15) is 0 Å². The van der Waals surface area contributed by atoms with Gasteiger partial charge in [-0.3, -0.25) is 4.90 Å². The Kier molecular flexibility index (Phi) is 6.37. The summed E-state index contributed by atoms with van der Waals surface area (Å²) in [5.41, 5.74) is 0. The smallest absolute Gasteiger partial charge is 0.0195 e. The van der Waals surface area contributed by atoms with Crippen molar-refractivity contribution in [1.29, 1.82) is 0 Å². The van der Waals surface area contributed by atoms with E-state index in [0.29, 0.717) is 6.04 Å². The molecule has 0 spiro atoms. The molecule has 0 saturated heterocycles. The fourth-order valence-corrected chi connectivity index (χ4v) is 2.82. The largest absolute Gasteiger partial charge is 0.318 e. The van der Waals surface area contributed by atoms with Gasteiger partial charge < -0.3 is 5.32 Å². The van der Waals surface area contributed by atoms with Gasteiger partial charge in [0.2, 0.25) is 0 Å². The van der Waals surface area contributed by atoms with Crippen molar-refractivity contribution in [3.8, 4) is 0 Å². The lowest BCUT2D eigenvalue weighted by molar-refractivity contribution is 0.136. The predicted octanol–water partition coefficient (Wildman–Crippen LogP) is 2.89. The summed E-state index contributed by atoms with van der Waals surface area (Å²) in [5, 5.41) is 3.32. The van der Waals surface area contributed by atoms with Crippen LogP contribution in [0.25, 0.3) is 0 Å². The summed E-state index contributed by atoms with van der Waals surface area (Å²) in [6.45, 7) is 9.43. The van der Waals surface area contributed by atoms with Crippen LogP contribution in [-0.4, -0.2) is 37.1 Å². The lowest BCUT2D eigenvalue weighted by atomic mass is 10.1. The van der Waals surface area contributed by atoms with Crippen LogP contribution in [0.3, 0.4) is 0 Å². The van der Waals surface area contributed by atoms with Crippen molar-refractivity contribution in [3.63, 3.8) is 0 Å². The quantitative estimate of drug-likeness (QED) is 0.718. The third-order valence-corrected chi connectivity index (χ3v) is 3.82. The van der Waals surface area contributed by atoms with E-state index in [-0.39, 0.29) is 0 Å². The summed E-state index contributed by atoms with van der Waals surface area (Å²) in [4.78, 5) is 2.75. The van der Waals surface area contributed by atoms with Gasteiger partial charge in [-0.05, 0) is 45.7 Å². The van der Waals surface area contributed by atoms with E-state index in [1.54, 1.807) is 0 Å². The van der Waals surface area contributed by atoms with Gasteiger partial charge in [-0.1, -0.05) is 26.7 Å². The van der Waals surface area contributed by atoms with Gasteiger partial charge in [0.1, 0.15) is 0 Å². The Morgan fingerprint density at radius 2 is 1.81 bits per heavy atom. The van der Waals surface area contributed by atoms with Gasteiger partial charge in [0, 0.05) is 18.6 Å². The zero-order chi connectivity index (χ0) is 12.0. The number of nitrogens with zero attached hydrogens (tertiary/aromatic N) is 1. The molecule has 0 aliphatic heterocycles. The molecule has 96 valence electrons. The average molecular weight is 226 g/mol. The first-order valence-corrected chi connectivity index (χ1v) is 7.05. The number of rotatable bonds is 7. The molecule has 0 amide bonds. The second kappa shape index (κ2) is 7.29. The highest BCUT2D eigenvalue weighted by Gasteiger charge is 2.25. The van der Waals surface area contributed by atoms with Crippen LogP contribution in [-0.2, 0) is 0 Å². The van der Waals surface area contributed by atoms with Crippen LogP contribution >= 0.6 is 0 Å². The molecule has 1 aliphatic rings. The van der Waals surface area contributed by atoms with E-state index in [4.69, 9.17) is 0 Å². The maximum absolute atomic E-state index is 3.32. The molecule has 1 aliphatic carbocycles. The SMILES string of the molecule is CNCC(C)N(CCC(C)C)C1CCCC1. The minimum atomic E-state index is 0.687. The van der Waals surface area contributed by atoms with Gasteiger partial charge in [-0.15, -0.1) is 0 Å². The van der Waals surface area contributed by atoms with Gasteiger partial charge >= 0.3 is 0 Å². The molecule has 2 nitrogen and oxygen atoms in total. The molecule has 1 saturated carbocycles. The lowest BCUT2D eigenvalue weighted by Gasteiger charge is -2.35. The van der Waals surface area contributed by atoms with Crippen molar-refractivity contribution >= 4 is 0 Å². The highest BCUT2D eigenvalue weighted by Crippen LogP contribution is 2.25. The molecule has 1 N–H and O–H groups in total. The van der Waals surface area contributed by atoms with Crippen LogP contribution in [0.4, 0.5) is 0 Å². The number of likely N-dealkylation sites (N-methyl/N-ethyl adjacent to an activating group) is 1. The van der Waals surface area contributed by atoms with Crippen molar-refractivity contribution in [3.05, 3.63) is 0 Å². The highest BCUT2D eigenvalue weighted by atomic mass is 15.2. The fourth-order valence-electron chi connectivity index (χ4n) is 2.82. The standard InChI is InChI=1S/C14H30N2/c1-12(2)9-10-16(13(3)11-15-4)14-7-5-6-8-14/h12-15H,5-11H2,1-4H3. The summed E-state index contributed by atoms with van der Waals surface area (Å²) in [7, 11) is 2.06. The van der Waals surface area contributed by atoms with E-state index < -0.39 is 0 Å². The van der Waals surface area contributed by atoms with Crippen LogP contribution < -0.4 is 5.32 Å². The molecule has 1 unspecified atom stereocenters. The molecular formula is C14H30N2. The molecular weight excluding hydrogens is 196 g/mol. The first-order chi connectivity index (χ1) is 7.65. The molecule has 16 heavy (non-hydrogen) atoms.